The lowest BCUT2D eigenvalue weighted by atomic mass is 10.1. The Hall–Kier alpha value is -2.02. The first-order chi connectivity index (χ1) is 8.61. The van der Waals surface area contributed by atoms with E-state index in [2.05, 4.69) is 30.2 Å². The van der Waals surface area contributed by atoms with Crippen LogP contribution >= 0.6 is 0 Å². The van der Waals surface area contributed by atoms with Crippen LogP contribution < -0.4 is 11.1 Å². The number of rotatable bonds is 5. The first-order valence-corrected chi connectivity index (χ1v) is 6.14. The Morgan fingerprint density at radius 1 is 1.50 bits per heavy atom. The summed E-state index contributed by atoms with van der Waals surface area (Å²) in [6.45, 7) is 5.67. The quantitative estimate of drug-likeness (QED) is 0.614. The van der Waals surface area contributed by atoms with E-state index in [0.717, 1.165) is 18.5 Å². The minimum Gasteiger partial charge on any atom is -0.370 e. The molecule has 0 unspecified atom stereocenters. The number of guanidine groups is 1. The zero-order valence-electron chi connectivity index (χ0n) is 11.0. The van der Waals surface area contributed by atoms with Crippen molar-refractivity contribution >= 4 is 5.96 Å². The van der Waals surface area contributed by atoms with Gasteiger partial charge in [-0.2, -0.15) is 5.26 Å². The van der Waals surface area contributed by atoms with Gasteiger partial charge in [-0.25, -0.2) is 4.99 Å². The van der Waals surface area contributed by atoms with Gasteiger partial charge in [0.25, 0.3) is 0 Å². The molecule has 0 atom stereocenters. The summed E-state index contributed by atoms with van der Waals surface area (Å²) in [5, 5.41) is 11.9. The van der Waals surface area contributed by atoms with Gasteiger partial charge in [0.15, 0.2) is 5.96 Å². The summed E-state index contributed by atoms with van der Waals surface area (Å²) in [6, 6.07) is 9.50. The smallest absolute Gasteiger partial charge is 0.188 e. The number of nitriles is 1. The summed E-state index contributed by atoms with van der Waals surface area (Å²) in [4.78, 5) is 4.24. The highest BCUT2D eigenvalue weighted by Gasteiger charge is 1.97. The fraction of sp³-hybridized carbons (Fsp3) is 0.429. The third-order valence-corrected chi connectivity index (χ3v) is 2.52. The van der Waals surface area contributed by atoms with Crippen molar-refractivity contribution in [2.75, 3.05) is 6.54 Å². The van der Waals surface area contributed by atoms with Gasteiger partial charge < -0.3 is 11.1 Å². The minimum atomic E-state index is 0.456. The summed E-state index contributed by atoms with van der Waals surface area (Å²) < 4.78 is 0. The van der Waals surface area contributed by atoms with Crippen molar-refractivity contribution in [3.8, 4) is 6.07 Å². The molecule has 0 aliphatic rings. The van der Waals surface area contributed by atoms with Crippen LogP contribution in [0.15, 0.2) is 29.3 Å². The lowest BCUT2D eigenvalue weighted by Crippen LogP contribution is -2.32. The van der Waals surface area contributed by atoms with Crippen LogP contribution in [0.25, 0.3) is 0 Å². The fourth-order valence-corrected chi connectivity index (χ4v) is 1.46. The molecule has 0 aliphatic heterocycles. The normalized spacial score (nSPS) is 11.3. The summed E-state index contributed by atoms with van der Waals surface area (Å²) in [6.07, 6.45) is 1.07. The molecule has 0 aliphatic carbocycles. The predicted molar refractivity (Wildman–Crippen MR) is 73.9 cm³/mol. The van der Waals surface area contributed by atoms with E-state index in [1.165, 1.54) is 0 Å². The lowest BCUT2D eigenvalue weighted by Gasteiger charge is -2.07. The van der Waals surface area contributed by atoms with E-state index in [-0.39, 0.29) is 0 Å². The van der Waals surface area contributed by atoms with Gasteiger partial charge in [0.2, 0.25) is 0 Å². The van der Waals surface area contributed by atoms with E-state index in [1.807, 2.05) is 18.2 Å². The maximum Gasteiger partial charge on any atom is 0.188 e. The van der Waals surface area contributed by atoms with Crippen molar-refractivity contribution in [2.45, 2.75) is 26.8 Å². The molecule has 1 rings (SSSR count). The van der Waals surface area contributed by atoms with Gasteiger partial charge in [0.05, 0.1) is 18.2 Å². The highest BCUT2D eigenvalue weighted by atomic mass is 15.1. The Morgan fingerprint density at radius 2 is 2.28 bits per heavy atom. The van der Waals surface area contributed by atoms with Crippen molar-refractivity contribution in [3.05, 3.63) is 35.4 Å². The van der Waals surface area contributed by atoms with Crippen LogP contribution in [0.1, 0.15) is 31.4 Å². The van der Waals surface area contributed by atoms with Crippen LogP contribution in [0.5, 0.6) is 0 Å². The Bertz CT molecular complexity index is 443. The number of hydrogen-bond acceptors (Lipinski definition) is 2. The molecule has 0 bridgehead atoms. The molecule has 4 heteroatoms. The van der Waals surface area contributed by atoms with Crippen LogP contribution in [0, 0.1) is 17.2 Å². The molecule has 0 heterocycles. The van der Waals surface area contributed by atoms with E-state index >= 15 is 0 Å². The van der Waals surface area contributed by atoms with E-state index < -0.39 is 0 Å². The van der Waals surface area contributed by atoms with Gasteiger partial charge in [-0.1, -0.05) is 26.0 Å². The molecule has 1 aromatic carbocycles. The van der Waals surface area contributed by atoms with Gasteiger partial charge in [-0.15, -0.1) is 0 Å². The standard InChI is InChI=1S/C14H20N4/c1-11(2)6-7-17-14(16)18-10-13-5-3-4-12(8-13)9-15/h3-5,8,11H,6-7,10H2,1-2H3,(H3,16,17,18). The third-order valence-electron chi connectivity index (χ3n) is 2.52. The number of hydrogen-bond donors (Lipinski definition) is 2. The Morgan fingerprint density at radius 3 is 2.94 bits per heavy atom. The number of nitrogens with one attached hydrogen (secondary N) is 1. The third kappa shape index (κ3) is 5.35. The number of nitrogens with two attached hydrogens (primary N) is 1. The van der Waals surface area contributed by atoms with Crippen molar-refractivity contribution in [1.29, 1.82) is 5.26 Å². The molecule has 0 radical (unpaired) electrons. The molecule has 0 fully saturated rings. The second kappa shape index (κ2) is 7.33. The maximum absolute atomic E-state index is 8.78. The van der Waals surface area contributed by atoms with Gasteiger partial charge in [-0.3, -0.25) is 0 Å². The van der Waals surface area contributed by atoms with E-state index in [1.54, 1.807) is 6.07 Å². The first kappa shape index (κ1) is 14.0. The average molecular weight is 244 g/mol. The zero-order valence-corrected chi connectivity index (χ0v) is 11.0. The van der Waals surface area contributed by atoms with Gasteiger partial charge in [0, 0.05) is 6.54 Å². The summed E-state index contributed by atoms with van der Waals surface area (Å²) in [5.41, 5.74) is 7.39. The van der Waals surface area contributed by atoms with Crippen molar-refractivity contribution < 1.29 is 0 Å². The highest BCUT2D eigenvalue weighted by Crippen LogP contribution is 2.05. The zero-order chi connectivity index (χ0) is 13.4. The second-order valence-corrected chi connectivity index (χ2v) is 4.62. The molecule has 4 nitrogen and oxygen atoms in total. The monoisotopic (exact) mass is 244 g/mol. The first-order valence-electron chi connectivity index (χ1n) is 6.14. The maximum atomic E-state index is 8.78. The molecule has 18 heavy (non-hydrogen) atoms. The predicted octanol–water partition coefficient (Wildman–Crippen LogP) is 2.01. The lowest BCUT2D eigenvalue weighted by molar-refractivity contribution is 0.576. The molecule has 1 aromatic rings. The van der Waals surface area contributed by atoms with Gasteiger partial charge >= 0.3 is 0 Å². The van der Waals surface area contributed by atoms with Crippen LogP contribution in [-0.4, -0.2) is 12.5 Å². The van der Waals surface area contributed by atoms with E-state index in [4.69, 9.17) is 11.0 Å². The highest BCUT2D eigenvalue weighted by molar-refractivity contribution is 5.77. The van der Waals surface area contributed by atoms with Gasteiger partial charge in [0.1, 0.15) is 0 Å². The summed E-state index contributed by atoms with van der Waals surface area (Å²) >= 11 is 0. The number of nitrogens with zero attached hydrogens (tertiary/aromatic N) is 2. The van der Waals surface area contributed by atoms with E-state index in [9.17, 15) is 0 Å². The van der Waals surface area contributed by atoms with E-state index in [0.29, 0.717) is 24.0 Å². The van der Waals surface area contributed by atoms with Crippen LogP contribution in [0.2, 0.25) is 0 Å². The topological polar surface area (TPSA) is 74.2 Å². The average Bonchev–Trinajstić information content (AvgIpc) is 2.36. The molecular weight excluding hydrogens is 224 g/mol. The summed E-state index contributed by atoms with van der Waals surface area (Å²) in [5.74, 6) is 1.11. The summed E-state index contributed by atoms with van der Waals surface area (Å²) in [7, 11) is 0. The molecule has 0 saturated heterocycles. The largest absolute Gasteiger partial charge is 0.370 e. The molecule has 0 aromatic heterocycles. The van der Waals surface area contributed by atoms with Crippen molar-refractivity contribution in [3.63, 3.8) is 0 Å². The molecule has 3 N–H and O–H groups in total. The van der Waals surface area contributed by atoms with Crippen LogP contribution in [-0.2, 0) is 6.54 Å². The molecule has 0 spiro atoms. The van der Waals surface area contributed by atoms with Crippen molar-refractivity contribution in [1.82, 2.24) is 5.32 Å². The van der Waals surface area contributed by atoms with Gasteiger partial charge in [-0.05, 0) is 30.0 Å². The minimum absolute atomic E-state index is 0.456. The van der Waals surface area contributed by atoms with Crippen LogP contribution in [0.4, 0.5) is 0 Å². The van der Waals surface area contributed by atoms with Crippen molar-refractivity contribution in [2.24, 2.45) is 16.6 Å². The number of benzene rings is 1. The number of aliphatic imine (C=N–C) groups is 1. The second-order valence-electron chi connectivity index (χ2n) is 4.62. The Kier molecular flexibility index (Phi) is 5.72. The molecule has 96 valence electrons. The molecule has 0 amide bonds. The Labute approximate surface area is 109 Å². The van der Waals surface area contributed by atoms with Crippen LogP contribution in [0.3, 0.4) is 0 Å². The Balaban J connectivity index is 2.44. The molecule has 0 saturated carbocycles. The molecular formula is C14H20N4. The fourth-order valence-electron chi connectivity index (χ4n) is 1.46. The SMILES string of the molecule is CC(C)CCNC(N)=NCc1cccc(C#N)c1.